The van der Waals surface area contributed by atoms with Gasteiger partial charge in [-0.15, -0.1) is 0 Å². The summed E-state index contributed by atoms with van der Waals surface area (Å²) in [6.07, 6.45) is 76.2. The lowest BCUT2D eigenvalue weighted by Crippen LogP contribution is -2.30. The zero-order valence-electron chi connectivity index (χ0n) is 47.0. The number of esters is 3. The molecule has 0 radical (unpaired) electrons. The van der Waals surface area contributed by atoms with E-state index in [0.29, 0.717) is 19.3 Å². The van der Waals surface area contributed by atoms with E-state index in [9.17, 15) is 14.4 Å². The summed E-state index contributed by atoms with van der Waals surface area (Å²) in [7, 11) is 0. The van der Waals surface area contributed by atoms with Crippen LogP contribution in [-0.2, 0) is 28.6 Å². The molecule has 0 unspecified atom stereocenters. The Balaban J connectivity index is 4.38. The molecule has 0 heterocycles. The molecule has 71 heavy (non-hydrogen) atoms. The van der Waals surface area contributed by atoms with Gasteiger partial charge < -0.3 is 14.2 Å². The zero-order valence-corrected chi connectivity index (χ0v) is 47.0. The molecule has 0 aliphatic carbocycles. The Morgan fingerprint density at radius 1 is 0.296 bits per heavy atom. The van der Waals surface area contributed by atoms with Crippen molar-refractivity contribution < 1.29 is 28.6 Å². The molecular weight excluding hydrogens is 877 g/mol. The lowest BCUT2D eigenvalue weighted by molar-refractivity contribution is -0.167. The molecular formula is C65H114O6. The summed E-state index contributed by atoms with van der Waals surface area (Å²) in [5.74, 6) is -0.928. The predicted molar refractivity (Wildman–Crippen MR) is 307 cm³/mol. The van der Waals surface area contributed by atoms with Crippen LogP contribution in [0.1, 0.15) is 303 Å². The van der Waals surface area contributed by atoms with Crippen molar-refractivity contribution in [1.82, 2.24) is 0 Å². The third-order valence-electron chi connectivity index (χ3n) is 13.2. The van der Waals surface area contributed by atoms with Crippen LogP contribution >= 0.6 is 0 Å². The molecule has 6 heteroatoms. The SMILES string of the molecule is CC/C=C\C/C=C\C/C=C\C/C=C\CCCCC(=O)OC[C@H](COC(=O)CCCCCCCCCCCCCCCCCCCCCCC)OC(=O)CCCCCCCCC/C=C\C/C=C\CCCCC. The molecule has 0 rings (SSSR count). The van der Waals surface area contributed by atoms with Gasteiger partial charge in [-0.2, -0.15) is 0 Å². The van der Waals surface area contributed by atoms with Crippen molar-refractivity contribution in [2.45, 2.75) is 309 Å². The van der Waals surface area contributed by atoms with Gasteiger partial charge in [-0.3, -0.25) is 14.4 Å². The third-order valence-corrected chi connectivity index (χ3v) is 13.2. The average Bonchev–Trinajstić information content (AvgIpc) is 3.37. The van der Waals surface area contributed by atoms with Gasteiger partial charge in [0.1, 0.15) is 13.2 Å². The Bertz CT molecular complexity index is 1320. The number of ether oxygens (including phenoxy) is 3. The first-order valence-electron chi connectivity index (χ1n) is 30.4. The Labute approximate surface area is 440 Å². The van der Waals surface area contributed by atoms with Gasteiger partial charge in [0, 0.05) is 19.3 Å². The Hall–Kier alpha value is -3.15. The first kappa shape index (κ1) is 67.8. The molecule has 0 aromatic carbocycles. The van der Waals surface area contributed by atoms with E-state index in [0.717, 1.165) is 96.3 Å². The minimum Gasteiger partial charge on any atom is -0.462 e. The molecule has 0 N–H and O–H groups in total. The molecule has 0 aliphatic heterocycles. The van der Waals surface area contributed by atoms with Crippen LogP contribution in [-0.4, -0.2) is 37.2 Å². The van der Waals surface area contributed by atoms with E-state index in [4.69, 9.17) is 14.2 Å². The fraction of sp³-hybridized carbons (Fsp3) is 0.769. The number of carbonyl (C=O) groups is 3. The smallest absolute Gasteiger partial charge is 0.306 e. The van der Waals surface area contributed by atoms with E-state index < -0.39 is 6.10 Å². The van der Waals surface area contributed by atoms with Gasteiger partial charge in [0.2, 0.25) is 0 Å². The van der Waals surface area contributed by atoms with Gasteiger partial charge in [-0.1, -0.05) is 267 Å². The largest absolute Gasteiger partial charge is 0.462 e. The molecule has 0 aliphatic rings. The summed E-state index contributed by atoms with van der Waals surface area (Å²) >= 11 is 0. The van der Waals surface area contributed by atoms with Crippen LogP contribution in [0.5, 0.6) is 0 Å². The lowest BCUT2D eigenvalue weighted by Gasteiger charge is -2.18. The van der Waals surface area contributed by atoms with Gasteiger partial charge in [0.25, 0.3) is 0 Å². The maximum absolute atomic E-state index is 12.9. The summed E-state index contributed by atoms with van der Waals surface area (Å²) in [4.78, 5) is 38.2. The Morgan fingerprint density at radius 2 is 0.549 bits per heavy atom. The number of hydrogen-bond acceptors (Lipinski definition) is 6. The van der Waals surface area contributed by atoms with E-state index in [1.54, 1.807) is 0 Å². The first-order chi connectivity index (χ1) is 35.0. The monoisotopic (exact) mass is 991 g/mol. The fourth-order valence-electron chi connectivity index (χ4n) is 8.64. The zero-order chi connectivity index (χ0) is 51.4. The second-order valence-electron chi connectivity index (χ2n) is 20.2. The van der Waals surface area contributed by atoms with Gasteiger partial charge in [-0.05, 0) is 89.9 Å². The quantitative estimate of drug-likeness (QED) is 0.0261. The number of hydrogen-bond donors (Lipinski definition) is 0. The standard InChI is InChI=1S/C65H114O6/c1-4-7-10-13-16-19-22-25-28-30-31-32-33-35-37-40-43-46-49-52-55-58-64(67)70-61-62(60-69-63(66)57-54-51-48-45-42-39-36-27-24-21-18-15-12-9-6-3)71-65(68)59-56-53-50-47-44-41-38-34-29-26-23-20-17-14-11-8-5-2/h9,12,17-18,20-21,26-27,29,36,42,45,62H,4-8,10-11,13-16,19,22-25,28,30-35,37-41,43-44,46-61H2,1-3H3/b12-9-,20-17-,21-18-,29-26-,36-27-,45-42-/t62-/m1/s1. The van der Waals surface area contributed by atoms with Crippen LogP contribution in [0, 0.1) is 0 Å². The third kappa shape index (κ3) is 57.6. The summed E-state index contributed by atoms with van der Waals surface area (Å²) in [5, 5.41) is 0. The number of carbonyl (C=O) groups excluding carboxylic acids is 3. The number of rotatable bonds is 55. The second-order valence-corrected chi connectivity index (χ2v) is 20.2. The molecule has 0 amide bonds. The van der Waals surface area contributed by atoms with Crippen molar-refractivity contribution >= 4 is 17.9 Å². The van der Waals surface area contributed by atoms with Crippen molar-refractivity contribution in [1.29, 1.82) is 0 Å². The second kappa shape index (κ2) is 59.4. The highest BCUT2D eigenvalue weighted by Gasteiger charge is 2.19. The maximum atomic E-state index is 12.9. The fourth-order valence-corrected chi connectivity index (χ4v) is 8.64. The van der Waals surface area contributed by atoms with Crippen molar-refractivity contribution in [3.8, 4) is 0 Å². The van der Waals surface area contributed by atoms with Crippen LogP contribution in [0.4, 0.5) is 0 Å². The summed E-state index contributed by atoms with van der Waals surface area (Å²) in [5.41, 5.74) is 0. The average molecular weight is 992 g/mol. The Morgan fingerprint density at radius 3 is 0.915 bits per heavy atom. The summed E-state index contributed by atoms with van der Waals surface area (Å²) in [6, 6.07) is 0. The highest BCUT2D eigenvalue weighted by atomic mass is 16.6. The molecule has 6 nitrogen and oxygen atoms in total. The molecule has 1 atom stereocenters. The van der Waals surface area contributed by atoms with Gasteiger partial charge in [0.05, 0.1) is 0 Å². The summed E-state index contributed by atoms with van der Waals surface area (Å²) < 4.78 is 16.9. The molecule has 410 valence electrons. The van der Waals surface area contributed by atoms with Crippen molar-refractivity contribution in [3.63, 3.8) is 0 Å². The number of unbranched alkanes of at least 4 members (excludes halogenated alkanes) is 32. The van der Waals surface area contributed by atoms with Crippen LogP contribution in [0.3, 0.4) is 0 Å². The van der Waals surface area contributed by atoms with Crippen molar-refractivity contribution in [2.24, 2.45) is 0 Å². The first-order valence-corrected chi connectivity index (χ1v) is 30.4. The molecule has 0 saturated heterocycles. The van der Waals surface area contributed by atoms with Gasteiger partial charge in [0.15, 0.2) is 6.10 Å². The van der Waals surface area contributed by atoms with E-state index in [1.165, 1.54) is 167 Å². The van der Waals surface area contributed by atoms with Crippen LogP contribution in [0.2, 0.25) is 0 Å². The summed E-state index contributed by atoms with van der Waals surface area (Å²) in [6.45, 7) is 6.49. The minimum absolute atomic E-state index is 0.0894. The van der Waals surface area contributed by atoms with Crippen LogP contribution in [0.25, 0.3) is 0 Å². The minimum atomic E-state index is -0.796. The van der Waals surface area contributed by atoms with E-state index in [1.807, 2.05) is 0 Å². The molecule has 0 bridgehead atoms. The van der Waals surface area contributed by atoms with Crippen LogP contribution in [0.15, 0.2) is 72.9 Å². The Kier molecular flexibility index (Phi) is 56.8. The van der Waals surface area contributed by atoms with E-state index in [-0.39, 0.29) is 31.1 Å². The predicted octanol–water partition coefficient (Wildman–Crippen LogP) is 20.5. The van der Waals surface area contributed by atoms with Gasteiger partial charge in [-0.25, -0.2) is 0 Å². The molecule has 0 fully saturated rings. The lowest BCUT2D eigenvalue weighted by atomic mass is 10.0. The van der Waals surface area contributed by atoms with E-state index >= 15 is 0 Å². The van der Waals surface area contributed by atoms with Gasteiger partial charge >= 0.3 is 17.9 Å². The topological polar surface area (TPSA) is 78.9 Å². The number of allylic oxidation sites excluding steroid dienone is 12. The van der Waals surface area contributed by atoms with E-state index in [2.05, 4.69) is 93.7 Å². The highest BCUT2D eigenvalue weighted by molar-refractivity contribution is 5.71. The molecule has 0 saturated carbocycles. The highest BCUT2D eigenvalue weighted by Crippen LogP contribution is 2.17. The normalized spacial score (nSPS) is 12.5. The van der Waals surface area contributed by atoms with Crippen molar-refractivity contribution in [2.75, 3.05) is 13.2 Å². The van der Waals surface area contributed by atoms with Crippen molar-refractivity contribution in [3.05, 3.63) is 72.9 Å². The molecule has 0 spiro atoms. The molecule has 0 aromatic heterocycles. The van der Waals surface area contributed by atoms with Crippen LogP contribution < -0.4 is 0 Å². The molecule has 0 aromatic rings. The maximum Gasteiger partial charge on any atom is 0.306 e.